The van der Waals surface area contributed by atoms with Crippen molar-refractivity contribution >= 4 is 11.7 Å². The molecule has 2 N–H and O–H groups in total. The van der Waals surface area contributed by atoms with Gasteiger partial charge in [0.2, 0.25) is 0 Å². The highest BCUT2D eigenvalue weighted by Gasteiger charge is 2.37. The molecule has 2 aromatic heterocycles. The highest BCUT2D eigenvalue weighted by Crippen LogP contribution is 2.24. The molecule has 3 heterocycles. The standard InChI is InChI=1S/C17H23N5O2/c1-3-22-13(2)10-14(20-22)16(23)19-11-17(24)7-9-21(12-17)15-6-4-5-8-18-15/h4-6,8,10,24H,3,7,9,11-12H2,1-2H3,(H,19,23). The topological polar surface area (TPSA) is 83.3 Å². The predicted molar refractivity (Wildman–Crippen MR) is 91.0 cm³/mol. The number of amides is 1. The van der Waals surface area contributed by atoms with Gasteiger partial charge in [-0.25, -0.2) is 4.98 Å². The lowest BCUT2D eigenvalue weighted by atomic mass is 10.0. The Hall–Kier alpha value is -2.41. The number of anilines is 1. The van der Waals surface area contributed by atoms with Crippen molar-refractivity contribution in [2.24, 2.45) is 0 Å². The van der Waals surface area contributed by atoms with Crippen LogP contribution in [0, 0.1) is 6.92 Å². The summed E-state index contributed by atoms with van der Waals surface area (Å²) in [6.45, 7) is 5.99. The molecule has 0 aliphatic carbocycles. The van der Waals surface area contributed by atoms with Crippen LogP contribution < -0.4 is 10.2 Å². The molecule has 1 aliphatic rings. The predicted octanol–water partition coefficient (Wildman–Crippen LogP) is 0.978. The Kier molecular flexibility index (Phi) is 4.53. The van der Waals surface area contributed by atoms with E-state index < -0.39 is 5.60 Å². The van der Waals surface area contributed by atoms with Crippen LogP contribution in [0.2, 0.25) is 0 Å². The molecule has 2 aromatic rings. The van der Waals surface area contributed by atoms with E-state index in [1.165, 1.54) is 0 Å². The van der Waals surface area contributed by atoms with Gasteiger partial charge in [-0.1, -0.05) is 6.07 Å². The number of hydrogen-bond acceptors (Lipinski definition) is 5. The smallest absolute Gasteiger partial charge is 0.271 e. The van der Waals surface area contributed by atoms with Crippen LogP contribution >= 0.6 is 0 Å². The van der Waals surface area contributed by atoms with Gasteiger partial charge in [0.1, 0.15) is 17.1 Å². The van der Waals surface area contributed by atoms with Crippen molar-refractivity contribution in [2.45, 2.75) is 32.4 Å². The summed E-state index contributed by atoms with van der Waals surface area (Å²) in [4.78, 5) is 18.6. The van der Waals surface area contributed by atoms with E-state index in [0.717, 1.165) is 18.1 Å². The van der Waals surface area contributed by atoms with E-state index in [1.807, 2.05) is 36.9 Å². The lowest BCUT2D eigenvalue weighted by Crippen LogP contribution is -2.45. The summed E-state index contributed by atoms with van der Waals surface area (Å²) in [5.41, 5.74) is 0.385. The molecule has 7 heteroatoms. The molecule has 0 spiro atoms. The zero-order valence-electron chi connectivity index (χ0n) is 14.1. The van der Waals surface area contributed by atoms with E-state index in [2.05, 4.69) is 15.4 Å². The fraction of sp³-hybridized carbons (Fsp3) is 0.471. The molecular weight excluding hydrogens is 306 g/mol. The quantitative estimate of drug-likeness (QED) is 0.854. The number of nitrogens with one attached hydrogen (secondary N) is 1. The van der Waals surface area contributed by atoms with Crippen molar-refractivity contribution in [3.8, 4) is 0 Å². The molecule has 3 rings (SSSR count). The minimum Gasteiger partial charge on any atom is -0.386 e. The average Bonchev–Trinajstić information content (AvgIpc) is 3.17. The van der Waals surface area contributed by atoms with Gasteiger partial charge in [-0.15, -0.1) is 0 Å². The Morgan fingerprint density at radius 1 is 1.46 bits per heavy atom. The Labute approximate surface area is 141 Å². The van der Waals surface area contributed by atoms with Crippen LogP contribution in [0.5, 0.6) is 0 Å². The third-order valence-corrected chi connectivity index (χ3v) is 4.40. The van der Waals surface area contributed by atoms with Crippen LogP contribution in [0.4, 0.5) is 5.82 Å². The first kappa shape index (κ1) is 16.4. The molecule has 1 atom stereocenters. The molecule has 1 fully saturated rings. The van der Waals surface area contributed by atoms with Gasteiger partial charge in [0.15, 0.2) is 0 Å². The van der Waals surface area contributed by atoms with Gasteiger partial charge in [-0.2, -0.15) is 5.10 Å². The van der Waals surface area contributed by atoms with Gasteiger partial charge < -0.3 is 15.3 Å². The zero-order valence-corrected chi connectivity index (χ0v) is 14.1. The van der Waals surface area contributed by atoms with Gasteiger partial charge >= 0.3 is 0 Å². The Bertz CT molecular complexity index is 715. The molecule has 1 amide bonds. The number of pyridine rings is 1. The number of aliphatic hydroxyl groups is 1. The molecule has 128 valence electrons. The fourth-order valence-electron chi connectivity index (χ4n) is 3.01. The maximum atomic E-state index is 12.3. The lowest BCUT2D eigenvalue weighted by molar-refractivity contribution is 0.0574. The van der Waals surface area contributed by atoms with Crippen molar-refractivity contribution in [1.29, 1.82) is 0 Å². The summed E-state index contributed by atoms with van der Waals surface area (Å²) < 4.78 is 1.78. The molecule has 7 nitrogen and oxygen atoms in total. The second kappa shape index (κ2) is 6.60. The summed E-state index contributed by atoms with van der Waals surface area (Å²) in [6, 6.07) is 7.47. The van der Waals surface area contributed by atoms with Crippen molar-refractivity contribution in [3.63, 3.8) is 0 Å². The van der Waals surface area contributed by atoms with Gasteiger partial charge in [0, 0.05) is 38.1 Å². The number of rotatable bonds is 5. The fourth-order valence-corrected chi connectivity index (χ4v) is 3.01. The summed E-state index contributed by atoms with van der Waals surface area (Å²) in [5, 5.41) is 17.8. The maximum absolute atomic E-state index is 12.3. The van der Waals surface area contributed by atoms with Crippen molar-refractivity contribution in [3.05, 3.63) is 41.9 Å². The molecular formula is C17H23N5O2. The first-order valence-corrected chi connectivity index (χ1v) is 8.22. The molecule has 0 saturated carbocycles. The van der Waals surface area contributed by atoms with E-state index in [0.29, 0.717) is 25.2 Å². The molecule has 1 saturated heterocycles. The van der Waals surface area contributed by atoms with E-state index in [-0.39, 0.29) is 12.5 Å². The van der Waals surface area contributed by atoms with Gasteiger partial charge in [0.05, 0.1) is 0 Å². The van der Waals surface area contributed by atoms with Crippen molar-refractivity contribution in [1.82, 2.24) is 20.1 Å². The SMILES string of the molecule is CCn1nc(C(=O)NCC2(O)CCN(c3ccccn3)C2)cc1C. The first-order chi connectivity index (χ1) is 11.5. The summed E-state index contributed by atoms with van der Waals surface area (Å²) in [6.07, 6.45) is 2.33. The zero-order chi connectivity index (χ0) is 17.2. The number of β-amino-alcohol motifs (C(OH)–C–C–N with tert-alkyl or cyclic N) is 1. The molecule has 1 aliphatic heterocycles. The molecule has 0 aromatic carbocycles. The number of aromatic nitrogens is 3. The summed E-state index contributed by atoms with van der Waals surface area (Å²) in [5.74, 6) is 0.590. The highest BCUT2D eigenvalue weighted by molar-refractivity contribution is 5.92. The second-order valence-electron chi connectivity index (χ2n) is 6.25. The minimum atomic E-state index is -0.949. The van der Waals surface area contributed by atoms with E-state index >= 15 is 0 Å². The molecule has 24 heavy (non-hydrogen) atoms. The number of nitrogens with zero attached hydrogens (tertiary/aromatic N) is 4. The molecule has 0 bridgehead atoms. The molecule has 1 unspecified atom stereocenters. The summed E-state index contributed by atoms with van der Waals surface area (Å²) in [7, 11) is 0. The van der Waals surface area contributed by atoms with Crippen LogP contribution in [0.25, 0.3) is 0 Å². The van der Waals surface area contributed by atoms with Crippen LogP contribution in [-0.2, 0) is 6.54 Å². The van der Waals surface area contributed by atoms with E-state index in [1.54, 1.807) is 16.9 Å². The number of carbonyl (C=O) groups is 1. The van der Waals surface area contributed by atoms with Gasteiger partial charge in [-0.3, -0.25) is 9.48 Å². The minimum absolute atomic E-state index is 0.202. The third kappa shape index (κ3) is 3.41. The Morgan fingerprint density at radius 3 is 2.96 bits per heavy atom. The van der Waals surface area contributed by atoms with Crippen LogP contribution in [0.15, 0.2) is 30.5 Å². The second-order valence-corrected chi connectivity index (χ2v) is 6.25. The largest absolute Gasteiger partial charge is 0.386 e. The Morgan fingerprint density at radius 2 is 2.29 bits per heavy atom. The maximum Gasteiger partial charge on any atom is 0.271 e. The van der Waals surface area contributed by atoms with E-state index in [9.17, 15) is 9.90 Å². The van der Waals surface area contributed by atoms with Crippen LogP contribution in [-0.4, -0.2) is 51.0 Å². The first-order valence-electron chi connectivity index (χ1n) is 8.22. The number of hydrogen-bond donors (Lipinski definition) is 2. The van der Waals surface area contributed by atoms with Crippen LogP contribution in [0.1, 0.15) is 29.5 Å². The summed E-state index contributed by atoms with van der Waals surface area (Å²) >= 11 is 0. The van der Waals surface area contributed by atoms with Gasteiger partial charge in [0.25, 0.3) is 5.91 Å². The van der Waals surface area contributed by atoms with Gasteiger partial charge in [-0.05, 0) is 38.5 Å². The van der Waals surface area contributed by atoms with Crippen molar-refractivity contribution in [2.75, 3.05) is 24.5 Å². The van der Waals surface area contributed by atoms with E-state index in [4.69, 9.17) is 0 Å². The lowest BCUT2D eigenvalue weighted by Gasteiger charge is -2.24. The van der Waals surface area contributed by atoms with Crippen molar-refractivity contribution < 1.29 is 9.90 Å². The highest BCUT2D eigenvalue weighted by atomic mass is 16.3. The monoisotopic (exact) mass is 329 g/mol. The van der Waals surface area contributed by atoms with Crippen LogP contribution in [0.3, 0.4) is 0 Å². The Balaban J connectivity index is 1.59. The molecule has 0 radical (unpaired) electrons. The normalized spacial score (nSPS) is 20.4. The number of carbonyl (C=O) groups excluding carboxylic acids is 1. The average molecular weight is 329 g/mol. The number of aryl methyl sites for hydroxylation is 2. The third-order valence-electron chi connectivity index (χ3n) is 4.40.